The number of amides is 1. The molecule has 0 spiro atoms. The molecule has 0 aliphatic carbocycles. The lowest BCUT2D eigenvalue weighted by Crippen LogP contribution is -2.49. The van der Waals surface area contributed by atoms with Gasteiger partial charge in [-0.2, -0.15) is 4.98 Å². The molecule has 1 atom stereocenters. The number of aromatic nitrogens is 2. The lowest BCUT2D eigenvalue weighted by atomic mass is 10.0. The molecule has 0 saturated carbocycles. The van der Waals surface area contributed by atoms with Crippen LogP contribution in [-0.4, -0.2) is 59.5 Å². The first-order chi connectivity index (χ1) is 13.7. The standard InChI is InChI=1S/C21H29N5O2/c1-3-17-7-4-5-9-26(17)21-22-16(2)15-19(23-21)24-10-12-25(13-11-24)20(27)18-8-6-14-28-18/h6,8,14-15,17H,3-5,7,9-13H2,1-2H3. The fourth-order valence-corrected chi connectivity index (χ4v) is 4.21. The van der Waals surface area contributed by atoms with E-state index in [9.17, 15) is 4.79 Å². The first kappa shape index (κ1) is 18.8. The lowest BCUT2D eigenvalue weighted by Gasteiger charge is -2.37. The first-order valence-electron chi connectivity index (χ1n) is 10.4. The second-order valence-electron chi connectivity index (χ2n) is 7.68. The molecule has 1 amide bonds. The number of anilines is 2. The molecule has 4 heterocycles. The van der Waals surface area contributed by atoms with Gasteiger partial charge in [0.2, 0.25) is 5.95 Å². The van der Waals surface area contributed by atoms with Gasteiger partial charge in [0, 0.05) is 50.5 Å². The van der Waals surface area contributed by atoms with E-state index in [1.54, 1.807) is 18.4 Å². The Morgan fingerprint density at radius 2 is 2.00 bits per heavy atom. The van der Waals surface area contributed by atoms with Crippen molar-refractivity contribution >= 4 is 17.7 Å². The number of aryl methyl sites for hydroxylation is 1. The molecule has 2 fully saturated rings. The minimum atomic E-state index is -0.0386. The number of piperidine rings is 1. The molecule has 0 radical (unpaired) electrons. The molecular weight excluding hydrogens is 354 g/mol. The highest BCUT2D eigenvalue weighted by Crippen LogP contribution is 2.26. The number of nitrogens with zero attached hydrogens (tertiary/aromatic N) is 5. The summed E-state index contributed by atoms with van der Waals surface area (Å²) in [6.07, 6.45) is 6.38. The summed E-state index contributed by atoms with van der Waals surface area (Å²) in [4.78, 5) is 28.6. The van der Waals surface area contributed by atoms with E-state index in [0.717, 1.165) is 43.5 Å². The summed E-state index contributed by atoms with van der Waals surface area (Å²) in [5, 5.41) is 0. The molecule has 7 nitrogen and oxygen atoms in total. The van der Waals surface area contributed by atoms with E-state index in [0.29, 0.717) is 24.9 Å². The highest BCUT2D eigenvalue weighted by Gasteiger charge is 2.27. The number of piperazine rings is 1. The number of rotatable bonds is 4. The van der Waals surface area contributed by atoms with Crippen LogP contribution in [0.3, 0.4) is 0 Å². The highest BCUT2D eigenvalue weighted by molar-refractivity contribution is 5.91. The van der Waals surface area contributed by atoms with Crippen molar-refractivity contribution in [2.45, 2.75) is 45.6 Å². The maximum absolute atomic E-state index is 12.5. The molecule has 2 aromatic rings. The van der Waals surface area contributed by atoms with Gasteiger partial charge in [0.15, 0.2) is 5.76 Å². The van der Waals surface area contributed by atoms with Gasteiger partial charge in [-0.1, -0.05) is 6.92 Å². The van der Waals surface area contributed by atoms with Crippen molar-refractivity contribution < 1.29 is 9.21 Å². The Morgan fingerprint density at radius 3 is 2.71 bits per heavy atom. The van der Waals surface area contributed by atoms with E-state index in [1.165, 1.54) is 19.3 Å². The van der Waals surface area contributed by atoms with Gasteiger partial charge in [-0.15, -0.1) is 0 Å². The molecule has 2 aliphatic heterocycles. The van der Waals surface area contributed by atoms with E-state index >= 15 is 0 Å². The number of hydrogen-bond acceptors (Lipinski definition) is 6. The largest absolute Gasteiger partial charge is 0.459 e. The topological polar surface area (TPSA) is 65.7 Å². The quantitative estimate of drug-likeness (QED) is 0.808. The Balaban J connectivity index is 1.46. The van der Waals surface area contributed by atoms with Gasteiger partial charge in [-0.25, -0.2) is 4.98 Å². The summed E-state index contributed by atoms with van der Waals surface area (Å²) in [6, 6.07) is 6.06. The number of furan rings is 1. The minimum Gasteiger partial charge on any atom is -0.459 e. The van der Waals surface area contributed by atoms with Gasteiger partial charge in [0.25, 0.3) is 5.91 Å². The molecule has 1 unspecified atom stereocenters. The molecule has 4 rings (SSSR count). The summed E-state index contributed by atoms with van der Waals surface area (Å²) < 4.78 is 5.25. The van der Waals surface area contributed by atoms with Crippen molar-refractivity contribution in [1.82, 2.24) is 14.9 Å². The number of hydrogen-bond donors (Lipinski definition) is 0. The summed E-state index contributed by atoms with van der Waals surface area (Å²) in [5.74, 6) is 2.19. The van der Waals surface area contributed by atoms with Gasteiger partial charge >= 0.3 is 0 Å². The Kier molecular flexibility index (Phi) is 5.50. The normalized spacial score (nSPS) is 20.5. The van der Waals surface area contributed by atoms with Crippen LogP contribution in [0.15, 0.2) is 28.9 Å². The van der Waals surface area contributed by atoms with Gasteiger partial charge < -0.3 is 19.1 Å². The third-order valence-electron chi connectivity index (χ3n) is 5.81. The van der Waals surface area contributed by atoms with E-state index in [2.05, 4.69) is 22.8 Å². The molecule has 150 valence electrons. The van der Waals surface area contributed by atoms with Crippen molar-refractivity contribution in [3.63, 3.8) is 0 Å². The van der Waals surface area contributed by atoms with Gasteiger partial charge in [-0.3, -0.25) is 4.79 Å². The zero-order chi connectivity index (χ0) is 19.5. The van der Waals surface area contributed by atoms with E-state index < -0.39 is 0 Å². The zero-order valence-corrected chi connectivity index (χ0v) is 16.8. The van der Waals surface area contributed by atoms with Crippen LogP contribution in [0.1, 0.15) is 48.9 Å². The summed E-state index contributed by atoms with van der Waals surface area (Å²) >= 11 is 0. The van der Waals surface area contributed by atoms with Crippen LogP contribution < -0.4 is 9.80 Å². The predicted octanol–water partition coefficient (Wildman–Crippen LogP) is 3.11. The fourth-order valence-electron chi connectivity index (χ4n) is 4.21. The van der Waals surface area contributed by atoms with Gasteiger partial charge in [-0.05, 0) is 44.7 Å². The fraction of sp³-hybridized carbons (Fsp3) is 0.571. The summed E-state index contributed by atoms with van der Waals surface area (Å²) in [5.41, 5.74) is 0.995. The summed E-state index contributed by atoms with van der Waals surface area (Å²) in [6.45, 7) is 8.18. The molecule has 0 bridgehead atoms. The van der Waals surface area contributed by atoms with Crippen molar-refractivity contribution in [2.75, 3.05) is 42.5 Å². The summed E-state index contributed by atoms with van der Waals surface area (Å²) in [7, 11) is 0. The Morgan fingerprint density at radius 1 is 1.18 bits per heavy atom. The predicted molar refractivity (Wildman–Crippen MR) is 109 cm³/mol. The van der Waals surface area contributed by atoms with Crippen molar-refractivity contribution in [1.29, 1.82) is 0 Å². The van der Waals surface area contributed by atoms with Gasteiger partial charge in [0.05, 0.1) is 6.26 Å². The zero-order valence-electron chi connectivity index (χ0n) is 16.8. The molecule has 2 saturated heterocycles. The maximum Gasteiger partial charge on any atom is 0.289 e. The SMILES string of the molecule is CCC1CCCCN1c1nc(C)cc(N2CCN(C(=O)c3ccco3)CC2)n1. The van der Waals surface area contributed by atoms with Crippen LogP contribution >= 0.6 is 0 Å². The average molecular weight is 383 g/mol. The lowest BCUT2D eigenvalue weighted by molar-refractivity contribution is 0.0714. The highest BCUT2D eigenvalue weighted by atomic mass is 16.3. The van der Waals surface area contributed by atoms with Crippen LogP contribution in [0.25, 0.3) is 0 Å². The third-order valence-corrected chi connectivity index (χ3v) is 5.81. The van der Waals surface area contributed by atoms with Crippen LogP contribution in [0.5, 0.6) is 0 Å². The molecule has 0 N–H and O–H groups in total. The molecular formula is C21H29N5O2. The average Bonchev–Trinajstić information content (AvgIpc) is 3.28. The smallest absolute Gasteiger partial charge is 0.289 e. The second kappa shape index (κ2) is 8.20. The maximum atomic E-state index is 12.5. The van der Waals surface area contributed by atoms with Crippen molar-refractivity contribution in [3.05, 3.63) is 35.9 Å². The minimum absolute atomic E-state index is 0.0386. The van der Waals surface area contributed by atoms with E-state index in [1.807, 2.05) is 11.8 Å². The van der Waals surface area contributed by atoms with Crippen molar-refractivity contribution in [3.8, 4) is 0 Å². The second-order valence-corrected chi connectivity index (χ2v) is 7.68. The van der Waals surface area contributed by atoms with Crippen molar-refractivity contribution in [2.24, 2.45) is 0 Å². The third kappa shape index (κ3) is 3.84. The van der Waals surface area contributed by atoms with Crippen LogP contribution in [0.2, 0.25) is 0 Å². The Labute approximate surface area is 166 Å². The van der Waals surface area contributed by atoms with Gasteiger partial charge in [0.1, 0.15) is 5.82 Å². The number of carbonyl (C=O) groups is 1. The Bertz CT molecular complexity index is 799. The molecule has 7 heteroatoms. The molecule has 28 heavy (non-hydrogen) atoms. The van der Waals surface area contributed by atoms with Crippen LogP contribution in [0.4, 0.5) is 11.8 Å². The Hall–Kier alpha value is -2.57. The molecule has 2 aromatic heterocycles. The number of carbonyl (C=O) groups excluding carboxylic acids is 1. The van der Waals surface area contributed by atoms with Crippen LogP contribution in [0, 0.1) is 6.92 Å². The van der Waals surface area contributed by atoms with E-state index in [-0.39, 0.29) is 5.91 Å². The van der Waals surface area contributed by atoms with Crippen LogP contribution in [-0.2, 0) is 0 Å². The van der Waals surface area contributed by atoms with E-state index in [4.69, 9.17) is 14.4 Å². The first-order valence-corrected chi connectivity index (χ1v) is 10.4. The molecule has 0 aromatic carbocycles. The molecule has 2 aliphatic rings. The monoisotopic (exact) mass is 383 g/mol.